The highest BCUT2D eigenvalue weighted by Gasteiger charge is 2.70. The molecule has 11 nitrogen and oxygen atoms in total. The summed E-state index contributed by atoms with van der Waals surface area (Å²) in [5, 5.41) is 18.9. The lowest BCUT2D eigenvalue weighted by Crippen LogP contribution is -2.62. The molecule has 4 saturated carbocycles. The highest BCUT2D eigenvalue weighted by molar-refractivity contribution is 5.79. The zero-order chi connectivity index (χ0) is 32.1. The first-order chi connectivity index (χ1) is 21.3. The van der Waals surface area contributed by atoms with Crippen LogP contribution in [-0.2, 0) is 14.3 Å². The van der Waals surface area contributed by atoms with Gasteiger partial charge in [-0.25, -0.2) is 9.59 Å². The number of esters is 1. The smallest absolute Gasteiger partial charge is 0.335 e. The minimum absolute atomic E-state index is 0.0466. The lowest BCUT2D eigenvalue weighted by Gasteiger charge is -2.63. The number of carbonyl (C=O) groups is 3. The standard InChI is InChI=1S/C34H50N4O7/c1-21(39)45-27-18-34(43)26-7-6-23-17-24(36-31(42)35-13-14-38-16-15-37(4)19-28(38)40)9-11-32(23,2)25(26)10-12-33(34,3)30(27)22-5-8-29(41)44-20-22/h5,8,20,23-27,30,43H,6-7,9-19H2,1-4H3,(H2,35,36,42). The van der Waals surface area contributed by atoms with E-state index in [2.05, 4.69) is 24.5 Å². The van der Waals surface area contributed by atoms with Gasteiger partial charge in [0.05, 0.1) is 18.4 Å². The van der Waals surface area contributed by atoms with Crippen molar-refractivity contribution in [3.8, 4) is 0 Å². The number of rotatable bonds is 6. The fraction of sp³-hybridized carbons (Fsp3) is 0.765. The molecule has 1 aliphatic heterocycles. The van der Waals surface area contributed by atoms with Crippen molar-refractivity contribution < 1.29 is 28.6 Å². The molecule has 1 saturated heterocycles. The monoisotopic (exact) mass is 626 g/mol. The fourth-order valence-electron chi connectivity index (χ4n) is 10.4. The molecule has 248 valence electrons. The summed E-state index contributed by atoms with van der Waals surface area (Å²) >= 11 is 0. The van der Waals surface area contributed by atoms with Gasteiger partial charge in [0.2, 0.25) is 5.91 Å². The SMILES string of the molecule is CC(=O)OC1CC2(O)C3CCC4CC(NC(=O)NCCN5CCN(C)CC5=O)CCC4(C)C3CCC2(C)C1c1ccc(=O)oc1. The molecule has 1 aromatic rings. The molecule has 2 heterocycles. The van der Waals surface area contributed by atoms with Crippen molar-refractivity contribution in [2.24, 2.45) is 28.6 Å². The van der Waals surface area contributed by atoms with E-state index in [1.807, 2.05) is 16.8 Å². The zero-order valence-corrected chi connectivity index (χ0v) is 27.2. The maximum Gasteiger partial charge on any atom is 0.335 e. The average molecular weight is 627 g/mol. The van der Waals surface area contributed by atoms with Crippen LogP contribution in [0.4, 0.5) is 4.79 Å². The van der Waals surface area contributed by atoms with Crippen LogP contribution in [0.1, 0.15) is 83.6 Å². The van der Waals surface area contributed by atoms with Crippen LogP contribution >= 0.6 is 0 Å². The lowest BCUT2D eigenvalue weighted by molar-refractivity contribution is -0.202. The number of ether oxygens (including phenoxy) is 1. The van der Waals surface area contributed by atoms with Gasteiger partial charge in [-0.1, -0.05) is 13.8 Å². The Morgan fingerprint density at radius 3 is 2.60 bits per heavy atom. The van der Waals surface area contributed by atoms with E-state index in [0.717, 1.165) is 57.1 Å². The van der Waals surface area contributed by atoms with Crippen LogP contribution in [0.2, 0.25) is 0 Å². The van der Waals surface area contributed by atoms with Crippen LogP contribution in [0, 0.1) is 28.6 Å². The largest absolute Gasteiger partial charge is 0.462 e. The Balaban J connectivity index is 1.11. The number of urea groups is 1. The van der Waals surface area contributed by atoms with Gasteiger partial charge in [-0.3, -0.25) is 14.5 Å². The summed E-state index contributed by atoms with van der Waals surface area (Å²) in [5.74, 6) is 0.304. The molecule has 0 spiro atoms. The van der Waals surface area contributed by atoms with Crippen LogP contribution in [-0.4, -0.2) is 90.3 Å². The second-order valence-electron chi connectivity index (χ2n) is 15.1. The Hall–Kier alpha value is -2.92. The second kappa shape index (κ2) is 12.0. The van der Waals surface area contributed by atoms with Gasteiger partial charge in [0.1, 0.15) is 6.10 Å². The predicted octanol–water partition coefficient (Wildman–Crippen LogP) is 2.86. The number of hydrogen-bond donors (Lipinski definition) is 3. The molecule has 4 aliphatic carbocycles. The lowest BCUT2D eigenvalue weighted by atomic mass is 9.43. The zero-order valence-electron chi connectivity index (χ0n) is 27.2. The minimum atomic E-state index is -1.02. The summed E-state index contributed by atoms with van der Waals surface area (Å²) in [6, 6.07) is 3.08. The number of aliphatic hydroxyl groups is 1. The summed E-state index contributed by atoms with van der Waals surface area (Å²) in [6.07, 6.45) is 7.76. The van der Waals surface area contributed by atoms with Crippen LogP contribution < -0.4 is 16.3 Å². The molecule has 0 radical (unpaired) electrons. The van der Waals surface area contributed by atoms with Gasteiger partial charge in [0.15, 0.2) is 0 Å². The van der Waals surface area contributed by atoms with Gasteiger partial charge in [-0.15, -0.1) is 0 Å². The quantitative estimate of drug-likeness (QED) is 0.410. The summed E-state index contributed by atoms with van der Waals surface area (Å²) < 4.78 is 11.1. The highest BCUT2D eigenvalue weighted by Crippen LogP contribution is 2.70. The molecule has 3 amide bonds. The van der Waals surface area contributed by atoms with Gasteiger partial charge >= 0.3 is 17.6 Å². The van der Waals surface area contributed by atoms with Crippen molar-refractivity contribution in [2.75, 3.05) is 39.8 Å². The van der Waals surface area contributed by atoms with E-state index < -0.39 is 22.7 Å². The first kappa shape index (κ1) is 32.0. The van der Waals surface area contributed by atoms with E-state index in [4.69, 9.17) is 9.15 Å². The molecular weight excluding hydrogens is 576 g/mol. The van der Waals surface area contributed by atoms with E-state index in [1.165, 1.54) is 19.3 Å². The van der Waals surface area contributed by atoms with Gasteiger partial charge in [0, 0.05) is 63.0 Å². The molecule has 5 aliphatic rings. The number of nitrogens with zero attached hydrogens (tertiary/aromatic N) is 2. The molecule has 45 heavy (non-hydrogen) atoms. The maximum absolute atomic E-state index is 12.8. The van der Waals surface area contributed by atoms with Crippen LogP contribution in [0.15, 0.2) is 27.6 Å². The first-order valence-electron chi connectivity index (χ1n) is 16.8. The van der Waals surface area contributed by atoms with Crippen molar-refractivity contribution in [1.29, 1.82) is 0 Å². The average Bonchev–Trinajstić information content (AvgIpc) is 3.20. The molecule has 9 unspecified atom stereocenters. The van der Waals surface area contributed by atoms with Crippen molar-refractivity contribution >= 4 is 17.9 Å². The third-order valence-electron chi connectivity index (χ3n) is 12.8. The van der Waals surface area contributed by atoms with E-state index in [-0.39, 0.29) is 41.2 Å². The Morgan fingerprint density at radius 1 is 1.09 bits per heavy atom. The second-order valence-corrected chi connectivity index (χ2v) is 15.1. The summed E-state index contributed by atoms with van der Waals surface area (Å²) in [4.78, 5) is 52.8. The number of likely N-dealkylation sites (N-methyl/N-ethyl adjacent to an activating group) is 1. The summed E-state index contributed by atoms with van der Waals surface area (Å²) in [5.41, 5.74) is -1.16. The Labute approximate surface area is 265 Å². The maximum atomic E-state index is 12.8. The van der Waals surface area contributed by atoms with E-state index >= 15 is 0 Å². The number of nitrogens with one attached hydrogen (secondary N) is 2. The molecule has 0 bridgehead atoms. The first-order valence-corrected chi connectivity index (χ1v) is 16.8. The number of carbonyl (C=O) groups excluding carboxylic acids is 3. The van der Waals surface area contributed by atoms with E-state index in [0.29, 0.717) is 44.4 Å². The summed E-state index contributed by atoms with van der Waals surface area (Å²) in [6.45, 7) is 8.85. The molecule has 9 atom stereocenters. The Morgan fingerprint density at radius 2 is 1.89 bits per heavy atom. The topological polar surface area (TPSA) is 141 Å². The van der Waals surface area contributed by atoms with Gasteiger partial charge < -0.3 is 29.8 Å². The molecular formula is C34H50N4O7. The Bertz CT molecular complexity index is 1350. The number of piperazine rings is 1. The van der Waals surface area contributed by atoms with Gasteiger partial charge in [-0.05, 0) is 86.8 Å². The molecule has 11 heteroatoms. The van der Waals surface area contributed by atoms with Crippen molar-refractivity contribution in [1.82, 2.24) is 20.4 Å². The highest BCUT2D eigenvalue weighted by atomic mass is 16.5. The van der Waals surface area contributed by atoms with Crippen molar-refractivity contribution in [3.05, 3.63) is 34.4 Å². The number of fused-ring (bicyclic) bond motifs is 5. The van der Waals surface area contributed by atoms with Gasteiger partial charge in [-0.2, -0.15) is 0 Å². The minimum Gasteiger partial charge on any atom is -0.462 e. The molecule has 1 aromatic heterocycles. The van der Waals surface area contributed by atoms with Gasteiger partial charge in [0.25, 0.3) is 0 Å². The third-order valence-corrected chi connectivity index (χ3v) is 12.8. The fourth-order valence-corrected chi connectivity index (χ4v) is 10.4. The summed E-state index contributed by atoms with van der Waals surface area (Å²) in [7, 11) is 1.94. The van der Waals surface area contributed by atoms with Crippen LogP contribution in [0.3, 0.4) is 0 Å². The number of hydrogen-bond acceptors (Lipinski definition) is 8. The third kappa shape index (κ3) is 5.68. The van der Waals surface area contributed by atoms with Crippen molar-refractivity contribution in [2.45, 2.75) is 95.8 Å². The molecule has 3 N–H and O–H groups in total. The predicted molar refractivity (Wildman–Crippen MR) is 166 cm³/mol. The van der Waals surface area contributed by atoms with E-state index in [9.17, 15) is 24.3 Å². The van der Waals surface area contributed by atoms with Crippen LogP contribution in [0.25, 0.3) is 0 Å². The van der Waals surface area contributed by atoms with E-state index in [1.54, 1.807) is 6.07 Å². The molecule has 6 rings (SSSR count). The molecule has 5 fully saturated rings. The Kier molecular flexibility index (Phi) is 8.56. The molecule has 0 aromatic carbocycles. The normalized spacial score (nSPS) is 39.8. The van der Waals surface area contributed by atoms with Crippen LogP contribution in [0.5, 0.6) is 0 Å². The van der Waals surface area contributed by atoms with Crippen molar-refractivity contribution in [3.63, 3.8) is 0 Å². The number of amides is 3.